The van der Waals surface area contributed by atoms with Gasteiger partial charge in [-0.15, -0.1) is 0 Å². The van der Waals surface area contributed by atoms with Crippen LogP contribution in [0.2, 0.25) is 0 Å². The van der Waals surface area contributed by atoms with Gasteiger partial charge in [-0.3, -0.25) is 14.5 Å². The number of aromatic nitrogens is 5. The third-order valence-electron chi connectivity index (χ3n) is 7.38. The quantitative estimate of drug-likeness (QED) is 0.199. The van der Waals surface area contributed by atoms with Gasteiger partial charge in [-0.25, -0.2) is 10.8 Å². The number of imidazole rings is 1. The molecule has 0 bridgehead atoms. The second kappa shape index (κ2) is 10.2. The van der Waals surface area contributed by atoms with Gasteiger partial charge in [-0.2, -0.15) is 5.10 Å². The van der Waals surface area contributed by atoms with E-state index in [0.29, 0.717) is 40.8 Å². The molecule has 1 aromatic carbocycles. The summed E-state index contributed by atoms with van der Waals surface area (Å²) >= 11 is 0. The molecule has 12 nitrogen and oxygen atoms in total. The Morgan fingerprint density at radius 1 is 1.13 bits per heavy atom. The normalized spacial score (nSPS) is 16.5. The summed E-state index contributed by atoms with van der Waals surface area (Å²) in [7, 11) is 1.89. The van der Waals surface area contributed by atoms with Crippen LogP contribution in [0.4, 0.5) is 11.5 Å². The maximum absolute atomic E-state index is 13.5. The minimum Gasteiger partial charge on any atom is -0.403 e. The van der Waals surface area contributed by atoms with Gasteiger partial charge in [0, 0.05) is 68.1 Å². The van der Waals surface area contributed by atoms with Crippen LogP contribution in [0.3, 0.4) is 0 Å². The Kier molecular flexibility index (Phi) is 6.57. The van der Waals surface area contributed by atoms with Crippen molar-refractivity contribution in [2.45, 2.75) is 51.2 Å². The van der Waals surface area contributed by atoms with Crippen molar-refractivity contribution < 1.29 is 4.79 Å². The number of nitrogens with two attached hydrogens (primary N) is 2. The van der Waals surface area contributed by atoms with E-state index in [4.69, 9.17) is 11.6 Å². The van der Waals surface area contributed by atoms with Crippen LogP contribution in [0.5, 0.6) is 0 Å². The van der Waals surface area contributed by atoms with Crippen LogP contribution in [-0.2, 0) is 13.6 Å². The molecule has 1 saturated carbocycles. The number of fused-ring (bicyclic) bond motifs is 2. The number of carbonyl (C=O) groups is 1. The highest BCUT2D eigenvalue weighted by Gasteiger charge is 2.28. The maximum atomic E-state index is 13.5. The maximum Gasteiger partial charge on any atom is 0.259 e. The van der Waals surface area contributed by atoms with E-state index in [1.807, 2.05) is 42.9 Å². The zero-order chi connectivity index (χ0) is 27.1. The number of hydrazine groups is 1. The molecule has 0 unspecified atom stereocenters. The van der Waals surface area contributed by atoms with Crippen molar-refractivity contribution in [2.75, 3.05) is 23.3 Å². The highest BCUT2D eigenvalue weighted by Crippen LogP contribution is 2.32. The molecule has 4 aromatic rings. The first-order valence-corrected chi connectivity index (χ1v) is 13.4. The summed E-state index contributed by atoms with van der Waals surface area (Å²) in [6, 6.07) is 5.24. The molecule has 1 amide bonds. The fraction of sp³-hybridized carbons (Fsp3) is 0.407. The molecule has 2 aliphatic rings. The third kappa shape index (κ3) is 5.25. The van der Waals surface area contributed by atoms with Crippen molar-refractivity contribution in [3.05, 3.63) is 60.1 Å². The van der Waals surface area contributed by atoms with E-state index in [2.05, 4.69) is 30.6 Å². The van der Waals surface area contributed by atoms with Crippen molar-refractivity contribution in [1.82, 2.24) is 34.5 Å². The standard InChI is InChI=1S/C27H35N11O/c1-17-13-37-16-24(32-26(37)22(30-17)15-38(29)12-9-28)33-27(39)20-5-6-23(21-14-35(2)34-25(20)21)36-10-7-19(8-11-36)31-18-3-4-18/h5-6,9,12-14,16,18-19,31H,3-4,7-8,10-11,15,28-29H2,1-2H3,(H,33,39)/b12-9-. The van der Waals surface area contributed by atoms with E-state index in [9.17, 15) is 4.79 Å². The van der Waals surface area contributed by atoms with Crippen LogP contribution in [-0.4, -0.2) is 60.2 Å². The van der Waals surface area contributed by atoms with Gasteiger partial charge >= 0.3 is 0 Å². The Hall–Kier alpha value is -4.16. The van der Waals surface area contributed by atoms with Gasteiger partial charge in [0.25, 0.3) is 5.91 Å². The van der Waals surface area contributed by atoms with Crippen molar-refractivity contribution >= 4 is 34.0 Å². The lowest BCUT2D eigenvalue weighted by Gasteiger charge is -2.34. The average Bonchev–Trinajstić information content (AvgIpc) is 3.48. The molecule has 0 spiro atoms. The van der Waals surface area contributed by atoms with Gasteiger partial charge in [0.15, 0.2) is 11.5 Å². The predicted molar refractivity (Wildman–Crippen MR) is 151 cm³/mol. The van der Waals surface area contributed by atoms with Gasteiger partial charge in [-0.05, 0) is 44.7 Å². The summed E-state index contributed by atoms with van der Waals surface area (Å²) in [5, 5.41) is 13.8. The number of anilines is 2. The fourth-order valence-corrected chi connectivity index (χ4v) is 5.42. The molecule has 1 aliphatic heterocycles. The number of hydrogen-bond donors (Lipinski definition) is 4. The first-order valence-electron chi connectivity index (χ1n) is 13.4. The lowest BCUT2D eigenvalue weighted by molar-refractivity contribution is 0.102. The molecule has 4 heterocycles. The molecule has 39 heavy (non-hydrogen) atoms. The van der Waals surface area contributed by atoms with E-state index < -0.39 is 0 Å². The van der Waals surface area contributed by atoms with Gasteiger partial charge in [0.05, 0.1) is 24.0 Å². The SMILES string of the molecule is Cc1cn2cc(NC(=O)c3ccc(N4CCC(NC5CC5)CC4)c4cn(C)nc34)nc2c(CN(N)/C=C\N)n1. The van der Waals surface area contributed by atoms with E-state index in [-0.39, 0.29) is 5.91 Å². The zero-order valence-electron chi connectivity index (χ0n) is 22.3. The van der Waals surface area contributed by atoms with E-state index in [1.165, 1.54) is 24.1 Å². The number of hydrogen-bond acceptors (Lipinski definition) is 9. The number of piperidine rings is 1. The second-order valence-corrected chi connectivity index (χ2v) is 10.6. The van der Waals surface area contributed by atoms with Crippen LogP contribution in [0, 0.1) is 6.92 Å². The molecule has 2 fully saturated rings. The summed E-state index contributed by atoms with van der Waals surface area (Å²) in [5.74, 6) is 6.13. The zero-order valence-corrected chi connectivity index (χ0v) is 22.3. The molecule has 0 radical (unpaired) electrons. The number of rotatable bonds is 8. The molecule has 12 heteroatoms. The largest absolute Gasteiger partial charge is 0.403 e. The fourth-order valence-electron chi connectivity index (χ4n) is 5.42. The van der Waals surface area contributed by atoms with E-state index >= 15 is 0 Å². The summed E-state index contributed by atoms with van der Waals surface area (Å²) in [5.41, 5.74) is 9.84. The van der Waals surface area contributed by atoms with Crippen molar-refractivity contribution in [2.24, 2.45) is 18.6 Å². The third-order valence-corrected chi connectivity index (χ3v) is 7.38. The molecule has 1 saturated heterocycles. The molecule has 6 N–H and O–H groups in total. The lowest BCUT2D eigenvalue weighted by Crippen LogP contribution is -2.43. The molecule has 6 rings (SSSR count). The molecular weight excluding hydrogens is 494 g/mol. The van der Waals surface area contributed by atoms with Crippen LogP contribution < -0.4 is 27.1 Å². The van der Waals surface area contributed by atoms with Crippen molar-refractivity contribution in [1.29, 1.82) is 0 Å². The van der Waals surface area contributed by atoms with Gasteiger partial charge < -0.3 is 30.7 Å². The highest BCUT2D eigenvalue weighted by molar-refractivity contribution is 6.13. The summed E-state index contributed by atoms with van der Waals surface area (Å²) in [6.07, 6.45) is 13.4. The van der Waals surface area contributed by atoms with Crippen molar-refractivity contribution in [3.63, 3.8) is 0 Å². The van der Waals surface area contributed by atoms with E-state index in [1.54, 1.807) is 17.1 Å². The van der Waals surface area contributed by atoms with Crippen LogP contribution in [0.15, 0.2) is 43.1 Å². The van der Waals surface area contributed by atoms with Crippen molar-refractivity contribution in [3.8, 4) is 0 Å². The average molecular weight is 530 g/mol. The smallest absolute Gasteiger partial charge is 0.259 e. The Morgan fingerprint density at radius 3 is 2.64 bits per heavy atom. The lowest BCUT2D eigenvalue weighted by atomic mass is 10.0. The number of benzene rings is 1. The summed E-state index contributed by atoms with van der Waals surface area (Å²) in [4.78, 5) is 25.1. The molecule has 204 valence electrons. The summed E-state index contributed by atoms with van der Waals surface area (Å²) < 4.78 is 3.61. The van der Waals surface area contributed by atoms with E-state index in [0.717, 1.165) is 48.7 Å². The highest BCUT2D eigenvalue weighted by atomic mass is 16.1. The number of aryl methyl sites for hydroxylation is 2. The summed E-state index contributed by atoms with van der Waals surface area (Å²) in [6.45, 7) is 4.18. The van der Waals surface area contributed by atoms with Gasteiger partial charge in [0.2, 0.25) is 0 Å². The minimum atomic E-state index is -0.265. The molecule has 1 aliphatic carbocycles. The van der Waals surface area contributed by atoms with Gasteiger partial charge in [-0.1, -0.05) is 0 Å². The topological polar surface area (TPSA) is 148 Å². The minimum absolute atomic E-state index is 0.265. The number of carbonyl (C=O) groups excluding carboxylic acids is 1. The van der Waals surface area contributed by atoms with Crippen LogP contribution in [0.25, 0.3) is 16.6 Å². The number of amides is 1. The Morgan fingerprint density at radius 2 is 1.90 bits per heavy atom. The Balaban J connectivity index is 1.24. The monoisotopic (exact) mass is 529 g/mol. The first-order chi connectivity index (χ1) is 18.9. The Labute approximate surface area is 226 Å². The number of nitrogens with zero attached hydrogens (tertiary/aromatic N) is 7. The van der Waals surface area contributed by atoms with Crippen LogP contribution in [0.1, 0.15) is 47.4 Å². The second-order valence-electron chi connectivity index (χ2n) is 10.6. The first kappa shape index (κ1) is 25.1. The molecular formula is C27H35N11O. The molecule has 3 aromatic heterocycles. The number of nitrogens with one attached hydrogen (secondary N) is 2. The van der Waals surface area contributed by atoms with Gasteiger partial charge in [0.1, 0.15) is 11.2 Å². The van der Waals surface area contributed by atoms with Crippen LogP contribution >= 0.6 is 0 Å². The Bertz CT molecular complexity index is 1540. The predicted octanol–water partition coefficient (Wildman–Crippen LogP) is 2.00. The molecule has 0 atom stereocenters.